The summed E-state index contributed by atoms with van der Waals surface area (Å²) in [5, 5.41) is 18.0. The number of oxazole rings is 1. The number of hydrogen-bond donors (Lipinski definition) is 4. The number of carboxylic acid groups (broad SMARTS) is 2. The van der Waals surface area contributed by atoms with E-state index in [-0.39, 0.29) is 44.7 Å². The highest BCUT2D eigenvalue weighted by molar-refractivity contribution is 5.94. The van der Waals surface area contributed by atoms with Crippen molar-refractivity contribution in [2.45, 2.75) is 62.4 Å². The number of aromatic nitrogens is 1. The number of amides is 4. The Morgan fingerprint density at radius 3 is 1.51 bits per heavy atom. The first-order valence-electron chi connectivity index (χ1n) is 15.2. The van der Waals surface area contributed by atoms with Crippen LogP contribution in [0.1, 0.15) is 62.5 Å². The Hall–Kier alpha value is -5.53. The minimum Gasteiger partial charge on any atom is -0.481 e. The molecule has 2 aliphatic heterocycles. The molecule has 0 radical (unpaired) electrons. The third-order valence-corrected chi connectivity index (χ3v) is 9.05. The fraction of sp³-hybridized carbons (Fsp3) is 0.364. The van der Waals surface area contributed by atoms with Crippen molar-refractivity contribution in [3.63, 3.8) is 0 Å². The Morgan fingerprint density at radius 1 is 0.681 bits per heavy atom. The second-order valence-electron chi connectivity index (χ2n) is 11.7. The van der Waals surface area contributed by atoms with Crippen molar-refractivity contribution in [1.82, 2.24) is 14.8 Å². The number of nitrogens with two attached hydrogens (primary N) is 2. The van der Waals surface area contributed by atoms with Crippen molar-refractivity contribution in [3.05, 3.63) is 65.9 Å². The molecule has 0 unspecified atom stereocenters. The zero-order valence-corrected chi connectivity index (χ0v) is 25.5. The van der Waals surface area contributed by atoms with Crippen molar-refractivity contribution in [3.8, 4) is 22.8 Å². The van der Waals surface area contributed by atoms with Gasteiger partial charge in [-0.2, -0.15) is 0 Å². The molecule has 246 valence electrons. The number of carbonyl (C=O) groups is 6. The summed E-state index contributed by atoms with van der Waals surface area (Å²) < 4.78 is 6.02. The maximum atomic E-state index is 12.9. The number of carbonyl (C=O) groups excluding carboxylic acids is 4. The van der Waals surface area contributed by atoms with Crippen LogP contribution in [0.4, 0.5) is 0 Å². The molecule has 3 aromatic rings. The lowest BCUT2D eigenvalue weighted by molar-refractivity contribution is -0.146. The molecular formula is C33H35N5O9. The first-order chi connectivity index (χ1) is 22.4. The predicted octanol–water partition coefficient (Wildman–Crippen LogP) is 2.34. The summed E-state index contributed by atoms with van der Waals surface area (Å²) in [5.74, 6) is -3.81. The number of likely N-dealkylation sites (tertiary alicyclic amines) is 2. The Labute approximate surface area is 269 Å². The van der Waals surface area contributed by atoms with Gasteiger partial charge in [-0.1, -0.05) is 36.4 Å². The Bertz CT molecular complexity index is 1590. The Morgan fingerprint density at radius 2 is 1.11 bits per heavy atom. The average molecular weight is 646 g/mol. The molecule has 47 heavy (non-hydrogen) atoms. The van der Waals surface area contributed by atoms with Gasteiger partial charge in [0, 0.05) is 37.1 Å². The van der Waals surface area contributed by atoms with E-state index in [0.29, 0.717) is 53.7 Å². The van der Waals surface area contributed by atoms with E-state index < -0.39 is 46.6 Å². The van der Waals surface area contributed by atoms with E-state index in [0.717, 1.165) is 0 Å². The van der Waals surface area contributed by atoms with Gasteiger partial charge in [0.2, 0.25) is 29.5 Å². The lowest BCUT2D eigenvalue weighted by Gasteiger charge is -2.36. The van der Waals surface area contributed by atoms with Crippen LogP contribution in [0, 0.1) is 0 Å². The highest BCUT2D eigenvalue weighted by Crippen LogP contribution is 2.42. The van der Waals surface area contributed by atoms with Crippen LogP contribution in [0.2, 0.25) is 0 Å². The van der Waals surface area contributed by atoms with Crippen LogP contribution >= 0.6 is 0 Å². The van der Waals surface area contributed by atoms with E-state index in [9.17, 15) is 28.8 Å². The molecule has 3 heterocycles. The number of rotatable bonds is 12. The van der Waals surface area contributed by atoms with Gasteiger partial charge in [0.05, 0.1) is 19.0 Å². The molecule has 2 aromatic carbocycles. The quantitative estimate of drug-likeness (QED) is 0.225. The number of hydrogen-bond acceptors (Lipinski definition) is 8. The molecule has 2 atom stereocenters. The van der Waals surface area contributed by atoms with E-state index in [2.05, 4.69) is 4.98 Å². The lowest BCUT2D eigenvalue weighted by Crippen LogP contribution is -2.53. The maximum absolute atomic E-state index is 12.9. The van der Waals surface area contributed by atoms with Crippen molar-refractivity contribution in [2.75, 3.05) is 13.1 Å². The zero-order valence-electron chi connectivity index (χ0n) is 25.5. The minimum absolute atomic E-state index is 0.239. The number of carboxylic acids is 2. The summed E-state index contributed by atoms with van der Waals surface area (Å²) in [6.45, 7) is 0.567. The molecule has 1 aromatic heterocycles. The number of primary amides is 2. The maximum Gasteiger partial charge on any atom is 0.303 e. The summed E-state index contributed by atoms with van der Waals surface area (Å²) in [7, 11) is 0. The van der Waals surface area contributed by atoms with Crippen LogP contribution in [0.15, 0.2) is 59.1 Å². The van der Waals surface area contributed by atoms with Crippen molar-refractivity contribution in [1.29, 1.82) is 0 Å². The lowest BCUT2D eigenvalue weighted by atomic mass is 9.85. The predicted molar refractivity (Wildman–Crippen MR) is 165 cm³/mol. The highest BCUT2D eigenvalue weighted by Gasteiger charge is 2.51. The summed E-state index contributed by atoms with van der Waals surface area (Å²) >= 11 is 0. The largest absolute Gasteiger partial charge is 0.481 e. The van der Waals surface area contributed by atoms with Gasteiger partial charge >= 0.3 is 11.9 Å². The first kappa shape index (κ1) is 32.9. The second kappa shape index (κ2) is 13.1. The number of aliphatic carboxylic acids is 2. The molecule has 2 aliphatic rings. The number of benzene rings is 2. The molecule has 2 fully saturated rings. The smallest absolute Gasteiger partial charge is 0.303 e. The zero-order chi connectivity index (χ0) is 33.9. The normalized spacial score (nSPS) is 20.7. The van der Waals surface area contributed by atoms with Crippen LogP contribution in [0.5, 0.6) is 0 Å². The molecule has 6 N–H and O–H groups in total. The molecule has 0 aliphatic carbocycles. The van der Waals surface area contributed by atoms with Crippen LogP contribution < -0.4 is 11.5 Å². The fourth-order valence-corrected chi connectivity index (χ4v) is 6.75. The molecule has 2 saturated heterocycles. The van der Waals surface area contributed by atoms with Crippen LogP contribution in [0.25, 0.3) is 22.8 Å². The van der Waals surface area contributed by atoms with Crippen molar-refractivity contribution >= 4 is 35.6 Å². The third-order valence-electron chi connectivity index (χ3n) is 9.05. The van der Waals surface area contributed by atoms with E-state index >= 15 is 0 Å². The first-order valence-corrected chi connectivity index (χ1v) is 15.2. The van der Waals surface area contributed by atoms with Gasteiger partial charge in [-0.15, -0.1) is 0 Å². The molecule has 5 rings (SSSR count). The summed E-state index contributed by atoms with van der Waals surface area (Å²) in [6, 6.07) is 13.6. The molecule has 14 heteroatoms. The Balaban J connectivity index is 1.36. The van der Waals surface area contributed by atoms with Gasteiger partial charge in [0.25, 0.3) is 0 Å². The monoisotopic (exact) mass is 645 g/mol. The van der Waals surface area contributed by atoms with Crippen molar-refractivity contribution in [2.24, 2.45) is 11.5 Å². The molecule has 4 amide bonds. The topological polar surface area (TPSA) is 227 Å². The Kier molecular flexibility index (Phi) is 9.13. The summed E-state index contributed by atoms with van der Waals surface area (Å²) in [6.07, 6.45) is 2.04. The second-order valence-corrected chi connectivity index (χ2v) is 11.7. The van der Waals surface area contributed by atoms with Crippen LogP contribution in [-0.4, -0.2) is 73.7 Å². The van der Waals surface area contributed by atoms with Gasteiger partial charge in [-0.25, -0.2) is 4.98 Å². The summed E-state index contributed by atoms with van der Waals surface area (Å²) in [5.41, 5.74) is 11.1. The van der Waals surface area contributed by atoms with Gasteiger partial charge in [0.15, 0.2) is 5.76 Å². The molecule has 14 nitrogen and oxygen atoms in total. The molecular weight excluding hydrogens is 610 g/mol. The molecule has 0 saturated carbocycles. The van der Waals surface area contributed by atoms with Gasteiger partial charge in [-0.3, -0.25) is 28.8 Å². The molecule has 0 spiro atoms. The SMILES string of the molecule is NC(=O)[C@@]1(c2ccc(-c3cnc(-c4ccc([C@]5(C(N)=O)CCCN5C(=O)CCC(=O)O)cc4)o3)cc2)CCCN1C(=O)CCC(=O)O. The van der Waals surface area contributed by atoms with Crippen LogP contribution in [0.3, 0.4) is 0 Å². The standard InChI is InChI=1S/C33H35N5O9/c34-30(45)32(15-1-17-37(32)25(39)11-13-27(41)42)22-7-3-20(4-8-22)24-19-36-29(47-24)21-5-9-23(10-6-21)33(31(35)46)16-2-18-38(33)26(40)12-14-28(43)44/h3-10,19H,1-2,11-18H2,(H2,34,45)(H2,35,46)(H,41,42)(H,43,44)/t32-,33-/m0/s1. The average Bonchev–Trinajstić information content (AvgIpc) is 3.82. The van der Waals surface area contributed by atoms with E-state index in [1.807, 2.05) is 0 Å². The fourth-order valence-electron chi connectivity index (χ4n) is 6.75. The van der Waals surface area contributed by atoms with Gasteiger partial charge < -0.3 is 35.9 Å². The third kappa shape index (κ3) is 6.05. The van der Waals surface area contributed by atoms with E-state index in [4.69, 9.17) is 26.1 Å². The van der Waals surface area contributed by atoms with E-state index in [1.165, 1.54) is 16.0 Å². The minimum atomic E-state index is -1.39. The number of nitrogens with zero attached hydrogens (tertiary/aromatic N) is 3. The van der Waals surface area contributed by atoms with Crippen molar-refractivity contribution < 1.29 is 43.4 Å². The summed E-state index contributed by atoms with van der Waals surface area (Å²) in [4.78, 5) is 80.5. The van der Waals surface area contributed by atoms with Gasteiger partial charge in [0.1, 0.15) is 11.1 Å². The highest BCUT2D eigenvalue weighted by atomic mass is 16.4. The van der Waals surface area contributed by atoms with Crippen LogP contribution in [-0.2, 0) is 39.8 Å². The van der Waals surface area contributed by atoms with Gasteiger partial charge in [-0.05, 0) is 48.9 Å². The molecule has 0 bridgehead atoms. The van der Waals surface area contributed by atoms with E-state index in [1.54, 1.807) is 48.5 Å².